The van der Waals surface area contributed by atoms with E-state index in [-0.39, 0.29) is 18.4 Å². The van der Waals surface area contributed by atoms with E-state index in [1.807, 2.05) is 24.5 Å². The van der Waals surface area contributed by atoms with Crippen molar-refractivity contribution in [2.24, 2.45) is 21.7 Å². The van der Waals surface area contributed by atoms with E-state index in [0.717, 1.165) is 10.5 Å². The fourth-order valence-corrected chi connectivity index (χ4v) is 2.03. The monoisotopic (exact) mass is 278 g/mol. The molecule has 0 aliphatic carbocycles. The molecule has 0 radical (unpaired) electrons. The lowest BCUT2D eigenvalue weighted by molar-refractivity contribution is 1.21. The molecule has 88 valence electrons. The maximum absolute atomic E-state index is 6.00. The Morgan fingerprint density at radius 2 is 2.12 bits per heavy atom. The first-order chi connectivity index (χ1) is 7.15. The van der Waals surface area contributed by atoms with Gasteiger partial charge in [0.15, 0.2) is 0 Å². The van der Waals surface area contributed by atoms with Crippen LogP contribution in [-0.4, -0.2) is 18.4 Å². The summed E-state index contributed by atoms with van der Waals surface area (Å²) in [5.41, 5.74) is 11.2. The minimum absolute atomic E-state index is 0. The summed E-state index contributed by atoms with van der Waals surface area (Å²) in [5.74, 6) is -0.0704. The predicted octanol–water partition coefficient (Wildman–Crippen LogP) is 2.09. The highest BCUT2D eigenvalue weighted by atomic mass is 35.5. The van der Waals surface area contributed by atoms with Crippen LogP contribution < -0.4 is 11.5 Å². The number of hydrogen-bond donors (Lipinski definition) is 2. The first-order valence-electron chi connectivity index (χ1n) is 4.09. The van der Waals surface area contributed by atoms with Crippen molar-refractivity contribution < 1.29 is 0 Å². The number of hydrogen-bond acceptors (Lipinski definition) is 3. The van der Waals surface area contributed by atoms with Crippen molar-refractivity contribution in [1.82, 2.24) is 0 Å². The summed E-state index contributed by atoms with van der Waals surface area (Å²) in [4.78, 5) is 0.953. The number of thioether (sulfide) groups is 1. The van der Waals surface area contributed by atoms with Gasteiger partial charge in [0.05, 0.1) is 11.2 Å². The lowest BCUT2D eigenvalue weighted by atomic mass is 10.2. The van der Waals surface area contributed by atoms with Gasteiger partial charge in [0.25, 0.3) is 0 Å². The number of guanidine groups is 1. The smallest absolute Gasteiger partial charge is 0.211 e. The van der Waals surface area contributed by atoms with Crippen molar-refractivity contribution in [3.05, 3.63) is 28.8 Å². The molecule has 0 aromatic heterocycles. The fraction of sp³-hybridized carbons (Fsp3) is 0.111. The minimum Gasteiger partial charge on any atom is -0.369 e. The molecule has 0 aliphatic heterocycles. The van der Waals surface area contributed by atoms with Gasteiger partial charge < -0.3 is 11.5 Å². The topological polar surface area (TPSA) is 76.8 Å². The molecule has 0 aliphatic rings. The van der Waals surface area contributed by atoms with E-state index >= 15 is 0 Å². The molecular formula is C9H12Cl2N4S. The SMILES string of the molecule is CSc1c(Cl)cccc1C=NN=C(N)N.Cl. The highest BCUT2D eigenvalue weighted by molar-refractivity contribution is 7.98. The van der Waals surface area contributed by atoms with E-state index in [1.165, 1.54) is 0 Å². The second kappa shape index (κ2) is 7.38. The largest absolute Gasteiger partial charge is 0.369 e. The molecule has 7 heteroatoms. The average Bonchev–Trinajstić information content (AvgIpc) is 2.17. The first-order valence-corrected chi connectivity index (χ1v) is 5.70. The molecule has 1 aromatic rings. The Balaban J connectivity index is 0.00000225. The van der Waals surface area contributed by atoms with Crippen LogP contribution >= 0.6 is 35.8 Å². The Kier molecular flexibility index (Phi) is 6.96. The van der Waals surface area contributed by atoms with Gasteiger partial charge in [-0.1, -0.05) is 23.7 Å². The Morgan fingerprint density at radius 3 is 2.69 bits per heavy atom. The maximum atomic E-state index is 6.00. The maximum Gasteiger partial charge on any atom is 0.211 e. The molecular weight excluding hydrogens is 267 g/mol. The van der Waals surface area contributed by atoms with Gasteiger partial charge in [0, 0.05) is 10.5 Å². The van der Waals surface area contributed by atoms with E-state index in [0.29, 0.717) is 5.02 Å². The summed E-state index contributed by atoms with van der Waals surface area (Å²) in [6.45, 7) is 0. The van der Waals surface area contributed by atoms with Crippen LogP contribution in [0.2, 0.25) is 5.02 Å². The van der Waals surface area contributed by atoms with Crippen LogP contribution in [0.5, 0.6) is 0 Å². The Labute approximate surface area is 110 Å². The highest BCUT2D eigenvalue weighted by Gasteiger charge is 2.02. The molecule has 4 nitrogen and oxygen atoms in total. The zero-order valence-corrected chi connectivity index (χ0v) is 10.9. The molecule has 0 bridgehead atoms. The second-order valence-electron chi connectivity index (χ2n) is 2.63. The number of halogens is 2. The van der Waals surface area contributed by atoms with Crippen molar-refractivity contribution in [2.45, 2.75) is 4.90 Å². The van der Waals surface area contributed by atoms with Crippen LogP contribution in [0.3, 0.4) is 0 Å². The Morgan fingerprint density at radius 1 is 1.44 bits per heavy atom. The third kappa shape index (κ3) is 4.30. The Bertz CT molecular complexity index is 402. The van der Waals surface area contributed by atoms with E-state index in [4.69, 9.17) is 23.1 Å². The summed E-state index contributed by atoms with van der Waals surface area (Å²) in [7, 11) is 0. The molecule has 0 heterocycles. The van der Waals surface area contributed by atoms with E-state index < -0.39 is 0 Å². The lowest BCUT2D eigenvalue weighted by Gasteiger charge is -2.03. The normalized spacial score (nSPS) is 9.88. The zero-order valence-electron chi connectivity index (χ0n) is 8.55. The number of nitrogens with zero attached hydrogens (tertiary/aromatic N) is 2. The van der Waals surface area contributed by atoms with Crippen molar-refractivity contribution in [2.75, 3.05) is 6.26 Å². The van der Waals surface area contributed by atoms with E-state index in [9.17, 15) is 0 Å². The van der Waals surface area contributed by atoms with Gasteiger partial charge in [-0.05, 0) is 12.3 Å². The molecule has 0 saturated carbocycles. The van der Waals surface area contributed by atoms with Crippen molar-refractivity contribution in [3.63, 3.8) is 0 Å². The molecule has 0 unspecified atom stereocenters. The van der Waals surface area contributed by atoms with Gasteiger partial charge in [-0.3, -0.25) is 0 Å². The number of nitrogens with two attached hydrogens (primary N) is 2. The van der Waals surface area contributed by atoms with E-state index in [2.05, 4.69) is 10.2 Å². The van der Waals surface area contributed by atoms with Gasteiger partial charge in [-0.25, -0.2) is 0 Å². The van der Waals surface area contributed by atoms with Crippen LogP contribution in [0.4, 0.5) is 0 Å². The van der Waals surface area contributed by atoms with Crippen LogP contribution in [0.15, 0.2) is 33.3 Å². The molecule has 1 rings (SSSR count). The molecule has 4 N–H and O–H groups in total. The van der Waals surface area contributed by atoms with Crippen LogP contribution in [0.1, 0.15) is 5.56 Å². The van der Waals surface area contributed by atoms with Crippen LogP contribution in [0, 0.1) is 0 Å². The summed E-state index contributed by atoms with van der Waals surface area (Å²) in [6, 6.07) is 5.56. The van der Waals surface area contributed by atoms with E-state index in [1.54, 1.807) is 18.0 Å². The van der Waals surface area contributed by atoms with Crippen LogP contribution in [0.25, 0.3) is 0 Å². The molecule has 0 atom stereocenters. The molecule has 0 saturated heterocycles. The molecule has 16 heavy (non-hydrogen) atoms. The standard InChI is InChI=1S/C9H11ClN4S.ClH/c1-15-8-6(3-2-4-7(8)10)5-13-14-9(11)12;/h2-5H,1H3,(H4,11,12,14);1H. The number of benzene rings is 1. The van der Waals surface area contributed by atoms with Gasteiger partial charge in [0.1, 0.15) is 0 Å². The summed E-state index contributed by atoms with van der Waals surface area (Å²) in [6.07, 6.45) is 3.51. The molecule has 0 amide bonds. The third-order valence-corrected chi connectivity index (χ3v) is 2.86. The summed E-state index contributed by atoms with van der Waals surface area (Å²) in [5, 5.41) is 7.94. The summed E-state index contributed by atoms with van der Waals surface area (Å²) < 4.78 is 0. The quantitative estimate of drug-likeness (QED) is 0.385. The average molecular weight is 279 g/mol. The van der Waals surface area contributed by atoms with Gasteiger partial charge in [-0.2, -0.15) is 5.10 Å². The lowest BCUT2D eigenvalue weighted by Crippen LogP contribution is -2.21. The van der Waals surface area contributed by atoms with Gasteiger partial charge in [-0.15, -0.1) is 29.3 Å². The van der Waals surface area contributed by atoms with Crippen molar-refractivity contribution >= 4 is 47.9 Å². The van der Waals surface area contributed by atoms with Crippen molar-refractivity contribution in [3.8, 4) is 0 Å². The highest BCUT2D eigenvalue weighted by Crippen LogP contribution is 2.27. The minimum atomic E-state index is -0.0704. The van der Waals surface area contributed by atoms with Gasteiger partial charge in [0.2, 0.25) is 5.96 Å². The Hall–Kier alpha value is -0.910. The molecule has 0 spiro atoms. The fourth-order valence-electron chi connectivity index (χ4n) is 1.00. The predicted molar refractivity (Wildman–Crippen MR) is 73.9 cm³/mol. The first kappa shape index (κ1) is 15.1. The van der Waals surface area contributed by atoms with Crippen molar-refractivity contribution in [1.29, 1.82) is 0 Å². The molecule has 1 aromatic carbocycles. The second-order valence-corrected chi connectivity index (χ2v) is 3.86. The zero-order chi connectivity index (χ0) is 11.3. The van der Waals surface area contributed by atoms with Crippen LogP contribution in [-0.2, 0) is 0 Å². The summed E-state index contributed by atoms with van der Waals surface area (Å²) >= 11 is 7.55. The molecule has 0 fully saturated rings. The number of rotatable bonds is 3. The third-order valence-electron chi connectivity index (χ3n) is 1.57. The van der Waals surface area contributed by atoms with Gasteiger partial charge >= 0.3 is 0 Å².